The van der Waals surface area contributed by atoms with E-state index in [0.29, 0.717) is 11.1 Å². The van der Waals surface area contributed by atoms with Crippen LogP contribution in [0.4, 0.5) is 13.2 Å². The number of nitrogens with zero attached hydrogens (tertiary/aromatic N) is 3. The van der Waals surface area contributed by atoms with Crippen molar-refractivity contribution >= 4 is 11.6 Å². The molecule has 2 aromatic heterocycles. The summed E-state index contributed by atoms with van der Waals surface area (Å²) in [5, 5.41) is 7.20. The Balaban J connectivity index is 2.47. The number of halogens is 4. The van der Waals surface area contributed by atoms with Gasteiger partial charge in [0.2, 0.25) is 0 Å². The van der Waals surface area contributed by atoms with Crippen molar-refractivity contribution < 1.29 is 13.2 Å². The van der Waals surface area contributed by atoms with E-state index >= 15 is 0 Å². The van der Waals surface area contributed by atoms with Gasteiger partial charge in [-0.3, -0.25) is 4.98 Å². The molecule has 0 N–H and O–H groups in total. The van der Waals surface area contributed by atoms with Crippen LogP contribution in [0.15, 0.2) is 30.6 Å². The lowest BCUT2D eigenvalue weighted by molar-refractivity contribution is -0.141. The molecule has 0 spiro atoms. The van der Waals surface area contributed by atoms with E-state index in [9.17, 15) is 13.2 Å². The fraction of sp³-hybridized carbons (Fsp3) is 0.100. The summed E-state index contributed by atoms with van der Waals surface area (Å²) in [5.41, 5.74) is -0.162. The molecule has 0 aliphatic heterocycles. The van der Waals surface area contributed by atoms with Gasteiger partial charge < -0.3 is 0 Å². The van der Waals surface area contributed by atoms with Gasteiger partial charge in [0.05, 0.1) is 6.20 Å². The summed E-state index contributed by atoms with van der Waals surface area (Å²) in [5.74, 6) is 0. The maximum Gasteiger partial charge on any atom is 0.433 e. The molecule has 3 nitrogen and oxygen atoms in total. The van der Waals surface area contributed by atoms with Crippen LogP contribution in [0.25, 0.3) is 11.1 Å². The molecule has 0 radical (unpaired) electrons. The average Bonchev–Trinajstić information content (AvgIpc) is 2.28. The molecule has 0 saturated carbocycles. The minimum absolute atomic E-state index is 0.118. The smallest absolute Gasteiger partial charge is 0.252 e. The van der Waals surface area contributed by atoms with Crippen molar-refractivity contribution in [2.24, 2.45) is 0 Å². The maximum absolute atomic E-state index is 12.4. The predicted molar refractivity (Wildman–Crippen MR) is 55.3 cm³/mol. The highest BCUT2D eigenvalue weighted by Gasteiger charge is 2.32. The molecule has 0 aliphatic carbocycles. The number of hydrogen-bond acceptors (Lipinski definition) is 3. The molecule has 0 fully saturated rings. The van der Waals surface area contributed by atoms with E-state index in [0.717, 1.165) is 12.3 Å². The molecular formula is C10H5ClF3N3. The van der Waals surface area contributed by atoms with Gasteiger partial charge in [0, 0.05) is 11.8 Å². The molecule has 0 amide bonds. The zero-order valence-electron chi connectivity index (χ0n) is 8.24. The third kappa shape index (κ3) is 2.71. The molecule has 2 aromatic rings. The number of alkyl halides is 3. The average molecular weight is 260 g/mol. The van der Waals surface area contributed by atoms with Crippen LogP contribution >= 0.6 is 11.6 Å². The second-order valence-corrected chi connectivity index (χ2v) is 3.58. The summed E-state index contributed by atoms with van der Waals surface area (Å²) in [6, 6.07) is 3.82. The van der Waals surface area contributed by atoms with E-state index in [4.69, 9.17) is 11.6 Å². The Morgan fingerprint density at radius 1 is 1.12 bits per heavy atom. The summed E-state index contributed by atoms with van der Waals surface area (Å²) in [7, 11) is 0. The number of hydrogen-bond donors (Lipinski definition) is 0. The quantitative estimate of drug-likeness (QED) is 0.789. The van der Waals surface area contributed by atoms with Crippen molar-refractivity contribution in [1.29, 1.82) is 0 Å². The van der Waals surface area contributed by atoms with Crippen LogP contribution in [0, 0.1) is 0 Å². The molecule has 2 rings (SSSR count). The van der Waals surface area contributed by atoms with Gasteiger partial charge >= 0.3 is 6.18 Å². The SMILES string of the molecule is FC(F)(F)c1cc(-c2cnnc(Cl)c2)ccn1. The van der Waals surface area contributed by atoms with Crippen molar-refractivity contribution in [3.05, 3.63) is 41.4 Å². The van der Waals surface area contributed by atoms with Crippen LogP contribution in [0.5, 0.6) is 0 Å². The molecule has 0 aromatic carbocycles. The number of rotatable bonds is 1. The van der Waals surface area contributed by atoms with Gasteiger partial charge in [-0.05, 0) is 23.8 Å². The van der Waals surface area contributed by atoms with Gasteiger partial charge in [-0.1, -0.05) is 11.6 Å². The summed E-state index contributed by atoms with van der Waals surface area (Å²) in [4.78, 5) is 3.26. The zero-order valence-corrected chi connectivity index (χ0v) is 9.00. The second-order valence-electron chi connectivity index (χ2n) is 3.19. The molecule has 0 aliphatic rings. The monoisotopic (exact) mass is 259 g/mol. The fourth-order valence-electron chi connectivity index (χ4n) is 1.26. The van der Waals surface area contributed by atoms with Crippen LogP contribution in [0.2, 0.25) is 5.15 Å². The third-order valence-electron chi connectivity index (χ3n) is 2.01. The number of pyridine rings is 1. The van der Waals surface area contributed by atoms with Crippen LogP contribution in [-0.2, 0) is 6.18 Å². The summed E-state index contributed by atoms with van der Waals surface area (Å²) >= 11 is 5.61. The molecule has 0 saturated heterocycles. The van der Waals surface area contributed by atoms with E-state index in [1.165, 1.54) is 18.3 Å². The lowest BCUT2D eigenvalue weighted by Crippen LogP contribution is -2.07. The van der Waals surface area contributed by atoms with Gasteiger partial charge in [0.15, 0.2) is 5.15 Å². The Kier molecular flexibility index (Phi) is 2.97. The second kappa shape index (κ2) is 4.29. The first-order chi connectivity index (χ1) is 7.97. The van der Waals surface area contributed by atoms with Crippen LogP contribution in [0.1, 0.15) is 5.69 Å². The Hall–Kier alpha value is -1.69. The molecule has 7 heteroatoms. The molecule has 17 heavy (non-hydrogen) atoms. The Bertz CT molecular complexity index is 542. The molecule has 0 unspecified atom stereocenters. The molecule has 0 bridgehead atoms. The molecular weight excluding hydrogens is 255 g/mol. The number of aromatic nitrogens is 3. The van der Waals surface area contributed by atoms with Crippen molar-refractivity contribution in [3.63, 3.8) is 0 Å². The molecule has 88 valence electrons. The minimum Gasteiger partial charge on any atom is -0.252 e. The van der Waals surface area contributed by atoms with E-state index in [2.05, 4.69) is 15.2 Å². The summed E-state index contributed by atoms with van der Waals surface area (Å²) < 4.78 is 37.3. The highest BCUT2D eigenvalue weighted by molar-refractivity contribution is 6.29. The Morgan fingerprint density at radius 3 is 2.53 bits per heavy atom. The van der Waals surface area contributed by atoms with E-state index < -0.39 is 11.9 Å². The Labute approximate surface area is 99.3 Å². The lowest BCUT2D eigenvalue weighted by Gasteiger charge is -2.07. The topological polar surface area (TPSA) is 38.7 Å². The molecule has 0 atom stereocenters. The van der Waals surface area contributed by atoms with E-state index in [1.807, 2.05) is 0 Å². The van der Waals surface area contributed by atoms with Crippen LogP contribution < -0.4 is 0 Å². The molecule has 2 heterocycles. The third-order valence-corrected chi connectivity index (χ3v) is 2.19. The van der Waals surface area contributed by atoms with Gasteiger partial charge in [-0.2, -0.15) is 18.3 Å². The normalized spacial score (nSPS) is 11.5. The predicted octanol–water partition coefficient (Wildman–Crippen LogP) is 3.21. The highest BCUT2D eigenvalue weighted by atomic mass is 35.5. The lowest BCUT2D eigenvalue weighted by atomic mass is 10.1. The van der Waals surface area contributed by atoms with Gasteiger partial charge in [0.1, 0.15) is 5.69 Å². The van der Waals surface area contributed by atoms with Gasteiger partial charge in [-0.15, -0.1) is 5.10 Å². The van der Waals surface area contributed by atoms with Crippen molar-refractivity contribution in [2.45, 2.75) is 6.18 Å². The van der Waals surface area contributed by atoms with Gasteiger partial charge in [0.25, 0.3) is 0 Å². The zero-order chi connectivity index (χ0) is 12.5. The summed E-state index contributed by atoms with van der Waals surface area (Å²) in [6.45, 7) is 0. The first-order valence-corrected chi connectivity index (χ1v) is 4.86. The highest BCUT2D eigenvalue weighted by Crippen LogP contribution is 2.30. The van der Waals surface area contributed by atoms with E-state index in [1.54, 1.807) is 0 Å². The van der Waals surface area contributed by atoms with Crippen molar-refractivity contribution in [1.82, 2.24) is 15.2 Å². The summed E-state index contributed by atoms with van der Waals surface area (Å²) in [6.07, 6.45) is -2.05. The fourth-order valence-corrected chi connectivity index (χ4v) is 1.42. The van der Waals surface area contributed by atoms with Gasteiger partial charge in [-0.25, -0.2) is 0 Å². The largest absolute Gasteiger partial charge is 0.433 e. The maximum atomic E-state index is 12.4. The minimum atomic E-state index is -4.47. The van der Waals surface area contributed by atoms with Crippen LogP contribution in [-0.4, -0.2) is 15.2 Å². The van der Waals surface area contributed by atoms with Crippen molar-refractivity contribution in [3.8, 4) is 11.1 Å². The van der Waals surface area contributed by atoms with Crippen molar-refractivity contribution in [2.75, 3.05) is 0 Å². The standard InChI is InChI=1S/C10H5ClF3N3/c11-9-4-7(5-16-17-9)6-1-2-15-8(3-6)10(12,13)14/h1-5H. The Morgan fingerprint density at radius 2 is 1.88 bits per heavy atom. The van der Waals surface area contributed by atoms with E-state index in [-0.39, 0.29) is 5.15 Å². The first kappa shape index (κ1) is 11.8. The first-order valence-electron chi connectivity index (χ1n) is 4.48. The van der Waals surface area contributed by atoms with Crippen LogP contribution in [0.3, 0.4) is 0 Å².